The Kier molecular flexibility index (Phi) is 5.60. The molecule has 2 amide bonds. The van der Waals surface area contributed by atoms with Gasteiger partial charge in [-0.25, -0.2) is 4.79 Å². The first kappa shape index (κ1) is 15.3. The molecule has 0 bridgehead atoms. The van der Waals surface area contributed by atoms with Gasteiger partial charge in [-0.15, -0.1) is 0 Å². The first-order chi connectivity index (χ1) is 8.91. The van der Waals surface area contributed by atoms with Crippen LogP contribution in [0.1, 0.15) is 38.7 Å². The quantitative estimate of drug-likeness (QED) is 0.775. The van der Waals surface area contributed by atoms with Crippen LogP contribution in [0.4, 0.5) is 10.5 Å². The number of carbonyl (C=O) groups excluding carboxylic acids is 1. The lowest BCUT2D eigenvalue weighted by Crippen LogP contribution is -2.29. The Hall–Kier alpha value is -1.78. The molecule has 0 atom stereocenters. The third-order valence-electron chi connectivity index (χ3n) is 3.05. The first-order valence-corrected chi connectivity index (χ1v) is 6.68. The van der Waals surface area contributed by atoms with Gasteiger partial charge in [-0.1, -0.05) is 26.7 Å². The van der Waals surface area contributed by atoms with E-state index in [-0.39, 0.29) is 11.2 Å². The second kappa shape index (κ2) is 6.97. The van der Waals surface area contributed by atoms with Crippen LogP contribution < -0.4 is 16.6 Å². The molecule has 5 nitrogen and oxygen atoms in total. The van der Waals surface area contributed by atoms with E-state index in [9.17, 15) is 9.59 Å². The minimum atomic E-state index is -0.710. The average Bonchev–Trinajstić information content (AvgIpc) is 2.32. The van der Waals surface area contributed by atoms with Crippen LogP contribution >= 0.6 is 0 Å². The summed E-state index contributed by atoms with van der Waals surface area (Å²) >= 11 is 0. The van der Waals surface area contributed by atoms with Crippen molar-refractivity contribution in [2.75, 3.05) is 5.32 Å². The lowest BCUT2D eigenvalue weighted by Gasteiger charge is -2.11. The fourth-order valence-electron chi connectivity index (χ4n) is 1.95. The zero-order valence-corrected chi connectivity index (χ0v) is 11.9. The van der Waals surface area contributed by atoms with Gasteiger partial charge in [0.25, 0.3) is 5.56 Å². The number of hydrogen-bond acceptors (Lipinski definition) is 2. The third-order valence-corrected chi connectivity index (χ3v) is 3.05. The van der Waals surface area contributed by atoms with Gasteiger partial charge in [0.2, 0.25) is 0 Å². The second-order valence-corrected chi connectivity index (χ2v) is 5.25. The normalized spacial score (nSPS) is 10.7. The molecule has 106 valence electrons. The summed E-state index contributed by atoms with van der Waals surface area (Å²) in [6.07, 6.45) is 4.97. The van der Waals surface area contributed by atoms with Crippen LogP contribution in [0.15, 0.2) is 17.1 Å². The molecule has 0 saturated carbocycles. The maximum atomic E-state index is 12.1. The van der Waals surface area contributed by atoms with Gasteiger partial charge in [0.15, 0.2) is 0 Å². The number of nitrogens with one attached hydrogen (secondary N) is 1. The molecule has 0 spiro atoms. The predicted octanol–water partition coefficient (Wildman–Crippen LogP) is 2.47. The van der Waals surface area contributed by atoms with E-state index in [1.807, 2.05) is 6.07 Å². The molecule has 0 aliphatic heterocycles. The number of amides is 2. The number of aryl methyl sites for hydroxylation is 2. The smallest absolute Gasteiger partial charge is 0.316 e. The number of hydrogen-bond donors (Lipinski definition) is 2. The van der Waals surface area contributed by atoms with Crippen molar-refractivity contribution in [3.05, 3.63) is 28.2 Å². The highest BCUT2D eigenvalue weighted by Crippen LogP contribution is 2.10. The Morgan fingerprint density at radius 1 is 1.42 bits per heavy atom. The Morgan fingerprint density at radius 3 is 2.68 bits per heavy atom. The number of nitrogens with two attached hydrogens (primary N) is 1. The number of carbonyl (C=O) groups is 1. The number of aromatic nitrogens is 1. The zero-order valence-electron chi connectivity index (χ0n) is 11.9. The SMILES string of the molecule is Cc1ccn(CCCCC(C)C)c(=O)c1NC(N)=O. The van der Waals surface area contributed by atoms with Gasteiger partial charge < -0.3 is 15.6 Å². The Balaban J connectivity index is 2.74. The standard InChI is InChI=1S/C14H23N3O2/c1-10(2)6-4-5-8-17-9-7-11(3)12(13(17)18)16-14(15)19/h7,9-10H,4-6,8H2,1-3H3,(H3,15,16,19). The topological polar surface area (TPSA) is 77.1 Å². The minimum absolute atomic E-state index is 0.191. The van der Waals surface area contributed by atoms with Gasteiger partial charge in [0.1, 0.15) is 5.69 Å². The monoisotopic (exact) mass is 265 g/mol. The van der Waals surface area contributed by atoms with E-state index in [0.717, 1.165) is 24.8 Å². The van der Waals surface area contributed by atoms with Crippen molar-refractivity contribution in [3.8, 4) is 0 Å². The third kappa shape index (κ3) is 4.77. The molecular weight excluding hydrogens is 242 g/mol. The summed E-state index contributed by atoms with van der Waals surface area (Å²) in [6.45, 7) is 6.81. The van der Waals surface area contributed by atoms with E-state index >= 15 is 0 Å². The molecule has 1 heterocycles. The number of nitrogens with zero attached hydrogens (tertiary/aromatic N) is 1. The van der Waals surface area contributed by atoms with Crippen LogP contribution in [0.2, 0.25) is 0 Å². The van der Waals surface area contributed by atoms with E-state index in [2.05, 4.69) is 19.2 Å². The second-order valence-electron chi connectivity index (χ2n) is 5.25. The predicted molar refractivity (Wildman–Crippen MR) is 77.3 cm³/mol. The number of unbranched alkanes of at least 4 members (excludes halogenated alkanes) is 1. The molecular formula is C14H23N3O2. The molecule has 1 rings (SSSR count). The van der Waals surface area contributed by atoms with Crippen LogP contribution in [0, 0.1) is 12.8 Å². The summed E-state index contributed by atoms with van der Waals surface area (Å²) in [7, 11) is 0. The Labute approximate surface area is 113 Å². The average molecular weight is 265 g/mol. The van der Waals surface area contributed by atoms with Crippen molar-refractivity contribution in [1.29, 1.82) is 0 Å². The van der Waals surface area contributed by atoms with Gasteiger partial charge in [-0.2, -0.15) is 0 Å². The molecule has 0 aliphatic carbocycles. The van der Waals surface area contributed by atoms with Gasteiger partial charge in [0.05, 0.1) is 0 Å². The van der Waals surface area contributed by atoms with Crippen molar-refractivity contribution >= 4 is 11.7 Å². The summed E-state index contributed by atoms with van der Waals surface area (Å²) in [5.74, 6) is 0.682. The fourth-order valence-corrected chi connectivity index (χ4v) is 1.95. The molecule has 0 aromatic carbocycles. The maximum absolute atomic E-state index is 12.1. The molecule has 3 N–H and O–H groups in total. The van der Waals surface area contributed by atoms with E-state index in [4.69, 9.17) is 5.73 Å². The molecule has 0 fully saturated rings. The van der Waals surface area contributed by atoms with Crippen LogP contribution in [0.5, 0.6) is 0 Å². The van der Waals surface area contributed by atoms with E-state index < -0.39 is 6.03 Å². The largest absolute Gasteiger partial charge is 0.351 e. The molecule has 0 aliphatic rings. The number of rotatable bonds is 6. The minimum Gasteiger partial charge on any atom is -0.351 e. The van der Waals surface area contributed by atoms with Gasteiger partial charge in [-0.05, 0) is 30.9 Å². The highest BCUT2D eigenvalue weighted by atomic mass is 16.2. The number of anilines is 1. The van der Waals surface area contributed by atoms with Crippen LogP contribution in [0.25, 0.3) is 0 Å². The van der Waals surface area contributed by atoms with Gasteiger partial charge >= 0.3 is 6.03 Å². The van der Waals surface area contributed by atoms with Crippen LogP contribution in [-0.2, 0) is 6.54 Å². The molecule has 19 heavy (non-hydrogen) atoms. The molecule has 0 radical (unpaired) electrons. The summed E-state index contributed by atoms with van der Waals surface area (Å²) in [5.41, 5.74) is 5.88. The summed E-state index contributed by atoms with van der Waals surface area (Å²) < 4.78 is 1.62. The number of primary amides is 1. The summed E-state index contributed by atoms with van der Waals surface area (Å²) in [4.78, 5) is 23.0. The van der Waals surface area contributed by atoms with E-state index in [0.29, 0.717) is 12.5 Å². The van der Waals surface area contributed by atoms with Gasteiger partial charge in [-0.3, -0.25) is 4.79 Å². The lowest BCUT2D eigenvalue weighted by molar-refractivity contribution is 0.259. The van der Waals surface area contributed by atoms with E-state index in [1.54, 1.807) is 17.7 Å². The maximum Gasteiger partial charge on any atom is 0.316 e. The summed E-state index contributed by atoms with van der Waals surface area (Å²) in [6, 6.07) is 1.10. The molecule has 5 heteroatoms. The van der Waals surface area contributed by atoms with Crippen LogP contribution in [-0.4, -0.2) is 10.6 Å². The van der Waals surface area contributed by atoms with Crippen molar-refractivity contribution in [2.24, 2.45) is 11.7 Å². The van der Waals surface area contributed by atoms with Crippen molar-refractivity contribution in [3.63, 3.8) is 0 Å². The van der Waals surface area contributed by atoms with Gasteiger partial charge in [0, 0.05) is 12.7 Å². The first-order valence-electron chi connectivity index (χ1n) is 6.68. The molecule has 1 aromatic heterocycles. The van der Waals surface area contributed by atoms with Crippen molar-refractivity contribution in [2.45, 2.75) is 46.6 Å². The lowest BCUT2D eigenvalue weighted by atomic mass is 10.1. The molecule has 1 aromatic rings. The van der Waals surface area contributed by atoms with Crippen molar-refractivity contribution < 1.29 is 4.79 Å². The Morgan fingerprint density at radius 2 is 2.11 bits per heavy atom. The number of urea groups is 1. The fraction of sp³-hybridized carbons (Fsp3) is 0.571. The van der Waals surface area contributed by atoms with Crippen molar-refractivity contribution in [1.82, 2.24) is 4.57 Å². The zero-order chi connectivity index (χ0) is 14.4. The molecule has 0 unspecified atom stereocenters. The Bertz CT molecular complexity index is 492. The number of pyridine rings is 1. The van der Waals surface area contributed by atoms with E-state index in [1.165, 1.54) is 0 Å². The highest BCUT2D eigenvalue weighted by Gasteiger charge is 2.08. The molecule has 0 saturated heterocycles. The highest BCUT2D eigenvalue weighted by molar-refractivity contribution is 5.88. The summed E-state index contributed by atoms with van der Waals surface area (Å²) in [5, 5.41) is 2.40. The van der Waals surface area contributed by atoms with Crippen LogP contribution in [0.3, 0.4) is 0 Å².